The summed E-state index contributed by atoms with van der Waals surface area (Å²) in [5.41, 5.74) is 0. The van der Waals surface area contributed by atoms with Crippen LogP contribution in [0.4, 0.5) is 0 Å². The topological polar surface area (TPSA) is 68.2 Å². The molecule has 0 spiro atoms. The third-order valence-corrected chi connectivity index (χ3v) is 3.14. The Morgan fingerprint density at radius 1 is 0.909 bits per heavy atom. The second-order valence-electron chi connectivity index (χ2n) is 0.838. The quantitative estimate of drug-likeness (QED) is 0.521. The van der Waals surface area contributed by atoms with Crippen molar-refractivity contribution < 1.29 is 87.4 Å². The molecule has 11 heavy (non-hydrogen) atoms. The molecule has 10 radical (unpaired) electrons. The van der Waals surface area contributed by atoms with E-state index in [-0.39, 0.29) is 65.4 Å². The van der Waals surface area contributed by atoms with E-state index < -0.39 is 19.1 Å². The molecule has 0 aromatic carbocycles. The van der Waals surface area contributed by atoms with E-state index in [0.29, 0.717) is 0 Å². The summed E-state index contributed by atoms with van der Waals surface area (Å²) in [6.07, 6.45) is 0. The van der Waals surface area contributed by atoms with E-state index in [9.17, 15) is 0 Å². The van der Waals surface area contributed by atoms with E-state index in [1.807, 2.05) is 0 Å². The fourth-order valence-electron chi connectivity index (χ4n) is 0.116. The van der Waals surface area contributed by atoms with Crippen molar-refractivity contribution in [2.75, 3.05) is 0 Å². The molecule has 0 atom stereocenters. The fraction of sp³-hybridized carbons (Fsp3) is 0. The normalized spacial score (nSPS) is 9.27. The van der Waals surface area contributed by atoms with Crippen LogP contribution in [0.25, 0.3) is 0 Å². The maximum atomic E-state index is 8.53. The summed E-state index contributed by atoms with van der Waals surface area (Å²) in [5.74, 6) is 0. The van der Waals surface area contributed by atoms with Gasteiger partial charge in [-0.25, -0.2) is 0 Å². The predicted molar refractivity (Wildman–Crippen MR) is 30.7 cm³/mol. The second-order valence-corrected chi connectivity index (χ2v) is 4.35. The Morgan fingerprint density at radius 2 is 1.18 bits per heavy atom. The van der Waals surface area contributed by atoms with Gasteiger partial charge in [0, 0.05) is 65.4 Å². The van der Waals surface area contributed by atoms with Crippen molar-refractivity contribution in [3.05, 3.63) is 0 Å². The van der Waals surface area contributed by atoms with Crippen LogP contribution in [0.15, 0.2) is 0 Å². The standard InChI is InChI=1S/H2O5Si4.2Y/c1-8(3-6)5-9(2)4-7;;/h1-2H;;. The number of hydrogen-bond acceptors (Lipinski definition) is 5. The summed E-state index contributed by atoms with van der Waals surface area (Å²) in [7, 11) is 0.267. The van der Waals surface area contributed by atoms with E-state index in [1.54, 1.807) is 0 Å². The van der Waals surface area contributed by atoms with Gasteiger partial charge in [0.2, 0.25) is 21.0 Å². The summed E-state index contributed by atoms with van der Waals surface area (Å²) >= 11 is 0. The van der Waals surface area contributed by atoms with Gasteiger partial charge in [0.1, 0.15) is 0 Å². The minimum atomic E-state index is -2.39. The van der Waals surface area contributed by atoms with Crippen LogP contribution >= 0.6 is 0 Å². The van der Waals surface area contributed by atoms with Crippen LogP contribution in [0.2, 0.25) is 0 Å². The third kappa shape index (κ3) is 12.9. The second kappa shape index (κ2) is 12.9. The van der Waals surface area contributed by atoms with Crippen LogP contribution in [0.3, 0.4) is 0 Å². The van der Waals surface area contributed by atoms with Crippen LogP contribution < -0.4 is 0 Å². The largest absolute Gasteiger partial charge is 0.555 e. The molecule has 2 N–H and O–H groups in total. The van der Waals surface area contributed by atoms with E-state index in [0.717, 1.165) is 0 Å². The van der Waals surface area contributed by atoms with Crippen molar-refractivity contribution in [2.45, 2.75) is 0 Å². The monoisotopic (exact) mass is 372 g/mol. The van der Waals surface area contributed by atoms with Crippen LogP contribution in [0.5, 0.6) is 0 Å². The fourth-order valence-corrected chi connectivity index (χ4v) is 1.80. The number of hydrogen-bond donors (Lipinski definition) is 2. The molecular formula is H2O5Si4Y2. The van der Waals surface area contributed by atoms with Gasteiger partial charge in [-0.1, -0.05) is 0 Å². The van der Waals surface area contributed by atoms with Crippen LogP contribution in [-0.2, 0) is 77.8 Å². The molecule has 0 unspecified atom stereocenters. The average Bonchev–Trinajstić information content (AvgIpc) is 1.87. The summed E-state index contributed by atoms with van der Waals surface area (Å²) in [6, 6.07) is 0. The van der Waals surface area contributed by atoms with Crippen molar-refractivity contribution in [2.24, 2.45) is 0 Å². The van der Waals surface area contributed by atoms with Crippen molar-refractivity contribution in [3.63, 3.8) is 0 Å². The van der Waals surface area contributed by atoms with Gasteiger partial charge in [-0.15, -0.1) is 0 Å². The Morgan fingerprint density at radius 3 is 1.36 bits per heavy atom. The zero-order chi connectivity index (χ0) is 7.28. The molecule has 0 bridgehead atoms. The zero-order valence-electron chi connectivity index (χ0n) is 5.27. The molecule has 0 aliphatic heterocycles. The van der Waals surface area contributed by atoms with Crippen LogP contribution in [0.1, 0.15) is 0 Å². The van der Waals surface area contributed by atoms with Crippen molar-refractivity contribution in [3.8, 4) is 0 Å². The smallest absolute Gasteiger partial charge is 0.414 e. The average molecular weight is 372 g/mol. The molecule has 0 aromatic rings. The van der Waals surface area contributed by atoms with Gasteiger partial charge in [0.05, 0.1) is 0 Å². The van der Waals surface area contributed by atoms with Crippen molar-refractivity contribution >= 4 is 40.0 Å². The summed E-state index contributed by atoms with van der Waals surface area (Å²) in [4.78, 5) is 17.1. The Balaban J connectivity index is -0.000000320. The molecule has 11 heteroatoms. The molecule has 5 nitrogen and oxygen atoms in total. The molecule has 0 heterocycles. The maximum absolute atomic E-state index is 8.53. The van der Waals surface area contributed by atoms with E-state index in [2.05, 4.69) is 33.3 Å². The molecule has 0 fully saturated rings. The third-order valence-electron chi connectivity index (χ3n) is 0.349. The Labute approximate surface area is 125 Å². The van der Waals surface area contributed by atoms with Gasteiger partial charge < -0.3 is 21.9 Å². The van der Waals surface area contributed by atoms with Gasteiger partial charge in [-0.3, -0.25) is 0 Å². The molecular weight excluding hydrogens is 370 g/mol. The first-order valence-corrected chi connectivity index (χ1v) is 5.02. The molecule has 0 saturated heterocycles. The van der Waals surface area contributed by atoms with Gasteiger partial charge in [-0.05, 0) is 0 Å². The Bertz CT molecular complexity index is 65.5. The Hall–Kier alpha value is 2.88. The Kier molecular flexibility index (Phi) is 22.8. The molecule has 0 aromatic heterocycles. The first-order valence-electron chi connectivity index (χ1n) is 1.67. The summed E-state index contributed by atoms with van der Waals surface area (Å²) in [5, 5.41) is 0. The van der Waals surface area contributed by atoms with Gasteiger partial charge in [0.25, 0.3) is 0 Å². The van der Waals surface area contributed by atoms with Crippen molar-refractivity contribution in [1.82, 2.24) is 0 Å². The van der Waals surface area contributed by atoms with Crippen molar-refractivity contribution in [1.29, 1.82) is 0 Å². The minimum Gasteiger partial charge on any atom is -0.414 e. The maximum Gasteiger partial charge on any atom is 0.555 e. The molecule has 0 aliphatic rings. The molecule has 54 valence electrons. The zero-order valence-corrected chi connectivity index (χ0v) is 15.0. The van der Waals surface area contributed by atoms with Crippen LogP contribution in [-0.4, -0.2) is 49.6 Å². The van der Waals surface area contributed by atoms with Gasteiger partial charge in [-0.2, -0.15) is 0 Å². The SMILES string of the molecule is O[Si](O[Si])O[Si](O)O[Si].[Y].[Y]. The van der Waals surface area contributed by atoms with Gasteiger partial charge in [0.15, 0.2) is 0 Å². The number of rotatable bonds is 4. The predicted octanol–water partition coefficient (Wildman–Crippen LogP) is -2.85. The molecule has 0 rings (SSSR count). The summed E-state index contributed by atoms with van der Waals surface area (Å²) in [6.45, 7) is 0. The first kappa shape index (κ1) is 19.4. The molecule has 0 saturated carbocycles. The minimum absolute atomic E-state index is 0. The van der Waals surface area contributed by atoms with Crippen LogP contribution in [0, 0.1) is 0 Å². The van der Waals surface area contributed by atoms with Gasteiger partial charge >= 0.3 is 19.1 Å². The molecule has 0 aliphatic carbocycles. The first-order chi connectivity index (χ1) is 4.20. The van der Waals surface area contributed by atoms with E-state index in [4.69, 9.17) is 9.59 Å². The molecule has 0 amide bonds. The van der Waals surface area contributed by atoms with E-state index >= 15 is 0 Å². The summed E-state index contributed by atoms with van der Waals surface area (Å²) < 4.78 is 12.6. The van der Waals surface area contributed by atoms with E-state index in [1.165, 1.54) is 0 Å².